The Morgan fingerprint density at radius 2 is 2.00 bits per heavy atom. The summed E-state index contributed by atoms with van der Waals surface area (Å²) in [6.45, 7) is 11.0. The minimum absolute atomic E-state index is 0.0675. The van der Waals surface area contributed by atoms with Gasteiger partial charge >= 0.3 is 0 Å². The molecule has 1 aromatic rings. The van der Waals surface area contributed by atoms with E-state index in [4.69, 9.17) is 11.6 Å². The molecular weight excluding hydrogens is 262 g/mol. The smallest absolute Gasteiger partial charge is 0.287 e. The fraction of sp³-hybridized carbons (Fsp3) is 0.714. The van der Waals surface area contributed by atoms with E-state index in [1.165, 1.54) is 4.68 Å². The standard InChI is InChI=1S/C14H24ClN3O/c1-6-14(5,7-2)17-11-8-16-18(9-10(3)4)13(19)12(11)15/h8,10,17H,6-7,9H2,1-5H3. The number of anilines is 1. The van der Waals surface area contributed by atoms with Crippen LogP contribution >= 0.6 is 11.6 Å². The van der Waals surface area contributed by atoms with Crippen LogP contribution in [0.2, 0.25) is 5.02 Å². The molecule has 0 aliphatic rings. The van der Waals surface area contributed by atoms with Crippen LogP contribution in [0.3, 0.4) is 0 Å². The summed E-state index contributed by atoms with van der Waals surface area (Å²) in [7, 11) is 0. The quantitative estimate of drug-likeness (QED) is 0.869. The molecule has 0 bridgehead atoms. The number of nitrogens with one attached hydrogen (secondary N) is 1. The van der Waals surface area contributed by atoms with Crippen molar-refractivity contribution in [2.24, 2.45) is 5.92 Å². The topological polar surface area (TPSA) is 46.9 Å². The summed E-state index contributed by atoms with van der Waals surface area (Å²) in [5.74, 6) is 0.358. The first-order chi connectivity index (χ1) is 8.83. The predicted molar refractivity (Wildman–Crippen MR) is 81.0 cm³/mol. The molecule has 0 amide bonds. The SMILES string of the molecule is CCC(C)(CC)Nc1cnn(CC(C)C)c(=O)c1Cl. The lowest BCUT2D eigenvalue weighted by molar-refractivity contribution is 0.459. The van der Waals surface area contributed by atoms with Gasteiger partial charge in [0.25, 0.3) is 5.56 Å². The Morgan fingerprint density at radius 1 is 1.42 bits per heavy atom. The monoisotopic (exact) mass is 285 g/mol. The summed E-state index contributed by atoms with van der Waals surface area (Å²) in [4.78, 5) is 12.1. The van der Waals surface area contributed by atoms with Crippen molar-refractivity contribution in [3.8, 4) is 0 Å². The number of hydrogen-bond donors (Lipinski definition) is 1. The molecule has 0 aliphatic carbocycles. The van der Waals surface area contributed by atoms with Crippen molar-refractivity contribution in [2.45, 2.75) is 59.5 Å². The average molecular weight is 286 g/mol. The summed E-state index contributed by atoms with van der Waals surface area (Å²) >= 11 is 6.17. The van der Waals surface area contributed by atoms with Gasteiger partial charge in [0.05, 0.1) is 11.9 Å². The number of aromatic nitrogens is 2. The zero-order valence-corrected chi connectivity index (χ0v) is 13.2. The first-order valence-electron chi connectivity index (χ1n) is 6.86. The van der Waals surface area contributed by atoms with E-state index in [-0.39, 0.29) is 16.1 Å². The van der Waals surface area contributed by atoms with E-state index >= 15 is 0 Å². The summed E-state index contributed by atoms with van der Waals surface area (Å²) < 4.78 is 1.42. The van der Waals surface area contributed by atoms with Gasteiger partial charge in [0.2, 0.25) is 0 Å². The first-order valence-corrected chi connectivity index (χ1v) is 7.24. The highest BCUT2D eigenvalue weighted by molar-refractivity contribution is 6.32. The molecule has 108 valence electrons. The molecule has 0 unspecified atom stereocenters. The van der Waals surface area contributed by atoms with Gasteiger partial charge < -0.3 is 5.32 Å². The Bertz CT molecular complexity index is 478. The fourth-order valence-corrected chi connectivity index (χ4v) is 1.97. The molecule has 0 radical (unpaired) electrons. The van der Waals surface area contributed by atoms with E-state index in [1.807, 2.05) is 13.8 Å². The molecule has 19 heavy (non-hydrogen) atoms. The van der Waals surface area contributed by atoms with Crippen molar-refractivity contribution in [1.82, 2.24) is 9.78 Å². The van der Waals surface area contributed by atoms with Crippen LogP contribution in [-0.4, -0.2) is 15.3 Å². The van der Waals surface area contributed by atoms with Gasteiger partial charge in [0.15, 0.2) is 0 Å². The molecule has 1 rings (SSSR count). The van der Waals surface area contributed by atoms with Crippen LogP contribution in [0.4, 0.5) is 5.69 Å². The van der Waals surface area contributed by atoms with Gasteiger partial charge in [0, 0.05) is 12.1 Å². The van der Waals surface area contributed by atoms with Crippen LogP contribution in [-0.2, 0) is 6.54 Å². The van der Waals surface area contributed by atoms with E-state index in [1.54, 1.807) is 6.20 Å². The molecule has 0 spiro atoms. The Labute approximate surface area is 120 Å². The summed E-state index contributed by atoms with van der Waals surface area (Å²) in [5.41, 5.74) is 0.329. The first kappa shape index (κ1) is 16.0. The van der Waals surface area contributed by atoms with Gasteiger partial charge in [-0.25, -0.2) is 4.68 Å². The Balaban J connectivity index is 3.06. The molecule has 1 N–H and O–H groups in total. The highest BCUT2D eigenvalue weighted by Gasteiger charge is 2.21. The summed E-state index contributed by atoms with van der Waals surface area (Å²) in [6.07, 6.45) is 3.56. The second-order valence-corrected chi connectivity index (χ2v) is 6.02. The highest BCUT2D eigenvalue weighted by atomic mass is 35.5. The lowest BCUT2D eigenvalue weighted by Gasteiger charge is -2.29. The molecule has 1 aromatic heterocycles. The third-order valence-electron chi connectivity index (χ3n) is 3.52. The van der Waals surface area contributed by atoms with E-state index in [9.17, 15) is 4.79 Å². The van der Waals surface area contributed by atoms with Gasteiger partial charge in [0.1, 0.15) is 5.02 Å². The maximum atomic E-state index is 12.1. The van der Waals surface area contributed by atoms with Gasteiger partial charge in [-0.05, 0) is 25.7 Å². The molecular formula is C14H24ClN3O. The van der Waals surface area contributed by atoms with Crippen molar-refractivity contribution >= 4 is 17.3 Å². The zero-order chi connectivity index (χ0) is 14.6. The van der Waals surface area contributed by atoms with Crippen molar-refractivity contribution in [3.05, 3.63) is 21.6 Å². The van der Waals surface area contributed by atoms with Crippen LogP contribution in [0.15, 0.2) is 11.0 Å². The average Bonchev–Trinajstić information content (AvgIpc) is 2.38. The third kappa shape index (κ3) is 3.96. The summed E-state index contributed by atoms with van der Waals surface area (Å²) in [5, 5.41) is 7.75. The minimum atomic E-state index is -0.227. The third-order valence-corrected chi connectivity index (χ3v) is 3.89. The molecule has 0 fully saturated rings. The number of halogens is 1. The number of hydrogen-bond acceptors (Lipinski definition) is 3. The van der Waals surface area contributed by atoms with Crippen molar-refractivity contribution < 1.29 is 0 Å². The van der Waals surface area contributed by atoms with Gasteiger partial charge in [-0.15, -0.1) is 0 Å². The maximum Gasteiger partial charge on any atom is 0.287 e. The van der Waals surface area contributed by atoms with Crippen LogP contribution in [0, 0.1) is 5.92 Å². The van der Waals surface area contributed by atoms with Crippen LogP contribution in [0.25, 0.3) is 0 Å². The second-order valence-electron chi connectivity index (χ2n) is 5.65. The van der Waals surface area contributed by atoms with Crippen molar-refractivity contribution in [2.75, 3.05) is 5.32 Å². The molecule has 0 aromatic carbocycles. The normalized spacial score (nSPS) is 11.9. The van der Waals surface area contributed by atoms with Crippen molar-refractivity contribution in [1.29, 1.82) is 0 Å². The second kappa shape index (κ2) is 6.42. The largest absolute Gasteiger partial charge is 0.377 e. The number of nitrogens with zero attached hydrogens (tertiary/aromatic N) is 2. The predicted octanol–water partition coefficient (Wildman–Crippen LogP) is 3.54. The Hall–Kier alpha value is -1.03. The molecule has 5 heteroatoms. The van der Waals surface area contributed by atoms with E-state index in [2.05, 4.69) is 31.2 Å². The van der Waals surface area contributed by atoms with Crippen LogP contribution < -0.4 is 10.9 Å². The molecule has 0 saturated heterocycles. The van der Waals surface area contributed by atoms with Gasteiger partial charge in [-0.2, -0.15) is 5.10 Å². The zero-order valence-electron chi connectivity index (χ0n) is 12.5. The number of rotatable bonds is 6. The Kier molecular flexibility index (Phi) is 5.41. The minimum Gasteiger partial charge on any atom is -0.377 e. The van der Waals surface area contributed by atoms with Crippen molar-refractivity contribution in [3.63, 3.8) is 0 Å². The van der Waals surface area contributed by atoms with E-state index < -0.39 is 0 Å². The van der Waals surface area contributed by atoms with Gasteiger partial charge in [-0.3, -0.25) is 4.79 Å². The summed E-state index contributed by atoms with van der Waals surface area (Å²) in [6, 6.07) is 0. The lowest BCUT2D eigenvalue weighted by Crippen LogP contribution is -2.35. The van der Waals surface area contributed by atoms with E-state index in [0.717, 1.165) is 12.8 Å². The highest BCUT2D eigenvalue weighted by Crippen LogP contribution is 2.24. The maximum absolute atomic E-state index is 12.1. The van der Waals surface area contributed by atoms with Crippen LogP contribution in [0.5, 0.6) is 0 Å². The van der Waals surface area contributed by atoms with Gasteiger partial charge in [-0.1, -0.05) is 39.3 Å². The molecule has 4 nitrogen and oxygen atoms in total. The fourth-order valence-electron chi connectivity index (χ4n) is 1.78. The molecule has 0 atom stereocenters. The Morgan fingerprint density at radius 3 is 2.47 bits per heavy atom. The van der Waals surface area contributed by atoms with Crippen LogP contribution in [0.1, 0.15) is 47.5 Å². The molecule has 1 heterocycles. The van der Waals surface area contributed by atoms with E-state index in [0.29, 0.717) is 18.2 Å². The molecule has 0 aliphatic heterocycles. The lowest BCUT2D eigenvalue weighted by atomic mass is 9.95. The molecule has 0 saturated carbocycles.